The molecule has 0 aromatic rings. The monoisotopic (exact) mass is 836 g/mol. The third kappa shape index (κ3) is 11.5. The van der Waals surface area contributed by atoms with Crippen LogP contribution >= 0.6 is 0 Å². The first-order valence-corrected chi connectivity index (χ1v) is 20.3. The van der Waals surface area contributed by atoms with E-state index < -0.39 is 68.4 Å². The standard InChI is InChI=1S/C15H26N2O4.C14H24N2O4.C12H18N2O4/c1-10(2)20-11(18)14(15(16)6-7-15)8-17(9-14)12(19)21-13(3,4)5;1-5-19-10(17)13(14(15)6-7-14)8-16(9-13)11(18)20-12(2,3)4;1-5-17-9(15)12(6-13)7-14(8-12)10(16)18-11(2,3)4/h10H,6-9,16H2,1-5H3;5-9,15H2,1-4H3;5,7-8H2,1-4H3. The van der Waals surface area contributed by atoms with Gasteiger partial charge in [0, 0.05) is 37.3 Å². The summed E-state index contributed by atoms with van der Waals surface area (Å²) in [5.74, 6) is -1.16. The van der Waals surface area contributed by atoms with E-state index in [0.29, 0.717) is 6.61 Å². The first-order valence-electron chi connectivity index (χ1n) is 20.3. The number of hydrogen-bond acceptors (Lipinski definition) is 15. The van der Waals surface area contributed by atoms with Crippen LogP contribution in [0.2, 0.25) is 0 Å². The van der Waals surface area contributed by atoms with E-state index in [1.807, 2.05) is 61.5 Å². The molecule has 5 aliphatic rings. The zero-order chi connectivity index (χ0) is 45.2. The molecule has 3 aliphatic heterocycles. The van der Waals surface area contributed by atoms with Crippen molar-refractivity contribution in [2.24, 2.45) is 27.7 Å². The van der Waals surface area contributed by atoms with Crippen LogP contribution in [0.15, 0.2) is 0 Å². The molecule has 18 heteroatoms. The van der Waals surface area contributed by atoms with Crippen molar-refractivity contribution in [2.45, 2.75) is 150 Å². The van der Waals surface area contributed by atoms with Gasteiger partial charge in [-0.05, 0) is 116 Å². The second-order valence-electron chi connectivity index (χ2n) is 19.6. The average molecular weight is 837 g/mol. The Kier molecular flexibility index (Phi) is 14.4. The van der Waals surface area contributed by atoms with Gasteiger partial charge in [-0.2, -0.15) is 5.26 Å². The summed E-state index contributed by atoms with van der Waals surface area (Å²) in [6, 6.07) is 1.92. The summed E-state index contributed by atoms with van der Waals surface area (Å²) in [6.07, 6.45) is 1.68. The molecule has 18 nitrogen and oxygen atoms in total. The molecule has 2 saturated carbocycles. The lowest BCUT2D eigenvalue weighted by Gasteiger charge is -2.51. The van der Waals surface area contributed by atoms with Gasteiger partial charge in [0.1, 0.15) is 27.6 Å². The van der Waals surface area contributed by atoms with Gasteiger partial charge in [-0.25, -0.2) is 14.4 Å². The molecule has 4 N–H and O–H groups in total. The molecule has 0 unspecified atom stereocenters. The number of carbonyl (C=O) groups is 6. The minimum atomic E-state index is -1.23. The fourth-order valence-corrected chi connectivity index (χ4v) is 6.81. The molecule has 3 heterocycles. The van der Waals surface area contributed by atoms with Crippen molar-refractivity contribution in [3.8, 4) is 6.07 Å². The molecule has 0 aromatic heterocycles. The van der Waals surface area contributed by atoms with Crippen molar-refractivity contribution in [3.63, 3.8) is 0 Å². The number of esters is 3. The van der Waals surface area contributed by atoms with Gasteiger partial charge >= 0.3 is 36.2 Å². The highest BCUT2D eigenvalue weighted by molar-refractivity contribution is 5.86. The lowest BCUT2D eigenvalue weighted by Crippen LogP contribution is -2.71. The zero-order valence-corrected chi connectivity index (χ0v) is 37.4. The highest BCUT2D eigenvalue weighted by Crippen LogP contribution is 2.55. The second-order valence-corrected chi connectivity index (χ2v) is 19.6. The smallest absolute Gasteiger partial charge is 0.410 e. The number of nitriles is 1. The minimum Gasteiger partial charge on any atom is -0.465 e. The highest BCUT2D eigenvalue weighted by atomic mass is 16.6. The fraction of sp³-hybridized carbons (Fsp3) is 0.829. The summed E-state index contributed by atoms with van der Waals surface area (Å²) < 4.78 is 31.1. The Balaban J connectivity index is 0.000000237. The normalized spacial score (nSPS) is 21.0. The van der Waals surface area contributed by atoms with Crippen LogP contribution < -0.4 is 11.5 Å². The minimum absolute atomic E-state index is 0.0250. The Labute approximate surface area is 348 Å². The van der Waals surface area contributed by atoms with Crippen LogP contribution in [-0.2, 0) is 42.8 Å². The molecule has 334 valence electrons. The Morgan fingerprint density at radius 1 is 0.576 bits per heavy atom. The topological polar surface area (TPSA) is 243 Å². The molecule has 0 bridgehead atoms. The maximum absolute atomic E-state index is 12.4. The Morgan fingerprint density at radius 2 is 0.881 bits per heavy atom. The number of nitrogens with two attached hydrogens (primary N) is 2. The van der Waals surface area contributed by atoms with Crippen LogP contribution in [0.4, 0.5) is 14.4 Å². The highest BCUT2D eigenvalue weighted by Gasteiger charge is 2.69. The number of amides is 3. The Morgan fingerprint density at radius 3 is 1.15 bits per heavy atom. The van der Waals surface area contributed by atoms with Crippen molar-refractivity contribution in [1.82, 2.24) is 14.7 Å². The summed E-state index contributed by atoms with van der Waals surface area (Å²) in [4.78, 5) is 76.3. The van der Waals surface area contributed by atoms with Crippen LogP contribution in [0.5, 0.6) is 0 Å². The Hall–Kier alpha value is -4.37. The van der Waals surface area contributed by atoms with E-state index in [1.165, 1.54) is 14.7 Å². The van der Waals surface area contributed by atoms with E-state index in [2.05, 4.69) is 0 Å². The number of nitrogens with zero attached hydrogens (tertiary/aromatic N) is 4. The van der Waals surface area contributed by atoms with E-state index in [1.54, 1.807) is 34.6 Å². The molecule has 59 heavy (non-hydrogen) atoms. The largest absolute Gasteiger partial charge is 0.465 e. The number of ether oxygens (including phenoxy) is 6. The first kappa shape index (κ1) is 49.0. The summed E-state index contributed by atoms with van der Waals surface area (Å²) in [5.41, 5.74) is 7.02. The third-order valence-electron chi connectivity index (χ3n) is 10.5. The third-order valence-corrected chi connectivity index (χ3v) is 10.5. The molecule has 0 radical (unpaired) electrons. The van der Waals surface area contributed by atoms with Crippen LogP contribution in [0.3, 0.4) is 0 Å². The SMILES string of the molecule is CC(C)OC(=O)C1(C2(N)CC2)CN(C(=O)OC(C)(C)C)C1.CCOC(=O)C1(C#N)CN(C(=O)OC(C)(C)C)C1.CCOC(=O)C1(C2(N)CC2)CN(C(=O)OC(C)(C)C)C1. The first-order chi connectivity index (χ1) is 26.9. The molecule has 0 aromatic carbocycles. The summed E-state index contributed by atoms with van der Waals surface area (Å²) in [5, 5.41) is 9.04. The van der Waals surface area contributed by atoms with Gasteiger partial charge in [-0.3, -0.25) is 14.4 Å². The van der Waals surface area contributed by atoms with E-state index in [-0.39, 0.29) is 63.9 Å². The van der Waals surface area contributed by atoms with Gasteiger partial charge in [0.05, 0.1) is 38.5 Å². The number of hydrogen-bond donors (Lipinski definition) is 2. The quantitative estimate of drug-likeness (QED) is 0.256. The van der Waals surface area contributed by atoms with Crippen molar-refractivity contribution < 1.29 is 57.2 Å². The van der Waals surface area contributed by atoms with Gasteiger partial charge in [0.2, 0.25) is 0 Å². The number of rotatable bonds is 8. The van der Waals surface area contributed by atoms with Gasteiger partial charge in [0.25, 0.3) is 0 Å². The van der Waals surface area contributed by atoms with E-state index in [4.69, 9.17) is 45.2 Å². The summed E-state index contributed by atoms with van der Waals surface area (Å²) >= 11 is 0. The van der Waals surface area contributed by atoms with Gasteiger partial charge in [-0.15, -0.1) is 0 Å². The summed E-state index contributed by atoms with van der Waals surface area (Å²) in [6.45, 7) is 25.0. The maximum Gasteiger partial charge on any atom is 0.410 e. The molecule has 0 atom stereocenters. The molecular weight excluding hydrogens is 768 g/mol. The van der Waals surface area contributed by atoms with Gasteiger partial charge in [-0.1, -0.05) is 0 Å². The van der Waals surface area contributed by atoms with E-state index in [0.717, 1.165) is 25.7 Å². The van der Waals surface area contributed by atoms with Crippen LogP contribution in [-0.4, -0.2) is 137 Å². The average Bonchev–Trinajstić information content (AvgIpc) is 3.92. The van der Waals surface area contributed by atoms with Crippen molar-refractivity contribution >= 4 is 36.2 Å². The van der Waals surface area contributed by atoms with E-state index in [9.17, 15) is 28.8 Å². The fourth-order valence-electron chi connectivity index (χ4n) is 6.81. The molecule has 2 aliphatic carbocycles. The van der Waals surface area contributed by atoms with Crippen molar-refractivity contribution in [2.75, 3.05) is 52.5 Å². The van der Waals surface area contributed by atoms with Crippen LogP contribution in [0.25, 0.3) is 0 Å². The van der Waals surface area contributed by atoms with Crippen LogP contribution in [0.1, 0.15) is 116 Å². The molecule has 5 fully saturated rings. The molecule has 0 spiro atoms. The van der Waals surface area contributed by atoms with Gasteiger partial charge in [0.15, 0.2) is 5.41 Å². The predicted octanol–water partition coefficient (Wildman–Crippen LogP) is 4.25. The van der Waals surface area contributed by atoms with Crippen LogP contribution in [0, 0.1) is 27.6 Å². The van der Waals surface area contributed by atoms with Crippen molar-refractivity contribution in [3.05, 3.63) is 0 Å². The molecule has 5 rings (SSSR count). The zero-order valence-electron chi connectivity index (χ0n) is 37.4. The molecule has 3 saturated heterocycles. The lowest BCUT2D eigenvalue weighted by atomic mass is 9.71. The number of likely N-dealkylation sites (tertiary alicyclic amines) is 3. The summed E-state index contributed by atoms with van der Waals surface area (Å²) in [7, 11) is 0. The Bertz CT molecular complexity index is 1630. The second kappa shape index (κ2) is 17.3. The van der Waals surface area contributed by atoms with Gasteiger partial charge < -0.3 is 54.6 Å². The predicted molar refractivity (Wildman–Crippen MR) is 213 cm³/mol. The van der Waals surface area contributed by atoms with Crippen molar-refractivity contribution in [1.29, 1.82) is 5.26 Å². The van der Waals surface area contributed by atoms with E-state index >= 15 is 0 Å². The number of carbonyl (C=O) groups excluding carboxylic acids is 6. The molecule has 3 amide bonds. The lowest BCUT2D eigenvalue weighted by molar-refractivity contribution is -0.174. The maximum atomic E-state index is 12.4. The molecular formula is C41H68N6O12.